The number of carbonyl (C=O) groups excluding carboxylic acids is 2. The highest BCUT2D eigenvalue weighted by atomic mass is 16.2. The zero-order valence-corrected chi connectivity index (χ0v) is 14.2. The maximum atomic E-state index is 12.4. The summed E-state index contributed by atoms with van der Waals surface area (Å²) in [5.74, 6) is 0.652. The molecule has 1 N–H and O–H groups in total. The third kappa shape index (κ3) is 4.94. The number of hydrogen-bond acceptors (Lipinski definition) is 4. The molecule has 0 bridgehead atoms. The molecular formula is C17H26N4O2. The molecule has 1 aliphatic heterocycles. The average Bonchev–Trinajstić information content (AvgIpc) is 2.54. The fraction of sp³-hybridized carbons (Fsp3) is 0.588. The molecule has 2 rings (SSSR count). The quantitative estimate of drug-likeness (QED) is 0.900. The molecule has 0 aliphatic carbocycles. The van der Waals surface area contributed by atoms with E-state index in [1.165, 1.54) is 0 Å². The van der Waals surface area contributed by atoms with Crippen LogP contribution in [0.4, 0.5) is 5.69 Å². The van der Waals surface area contributed by atoms with E-state index in [1.807, 2.05) is 6.07 Å². The van der Waals surface area contributed by atoms with Gasteiger partial charge in [0, 0.05) is 39.6 Å². The van der Waals surface area contributed by atoms with Crippen LogP contribution < -0.4 is 5.32 Å². The number of aromatic nitrogens is 1. The molecule has 126 valence electrons. The minimum atomic E-state index is -0.0677. The summed E-state index contributed by atoms with van der Waals surface area (Å²) in [6, 6.07) is 3.66. The Morgan fingerprint density at radius 2 is 1.83 bits per heavy atom. The first-order valence-corrected chi connectivity index (χ1v) is 8.22. The van der Waals surface area contributed by atoms with E-state index in [0.29, 0.717) is 37.8 Å². The first-order chi connectivity index (χ1) is 11.0. The summed E-state index contributed by atoms with van der Waals surface area (Å²) in [5, 5.41) is 3.31. The number of pyridine rings is 1. The third-order valence-electron chi connectivity index (χ3n) is 4.05. The molecule has 2 heterocycles. The van der Waals surface area contributed by atoms with Crippen LogP contribution >= 0.6 is 0 Å². The summed E-state index contributed by atoms with van der Waals surface area (Å²) in [6.45, 7) is 9.15. The van der Waals surface area contributed by atoms with E-state index in [9.17, 15) is 9.59 Å². The molecule has 6 heteroatoms. The number of carbonyl (C=O) groups is 2. The molecule has 0 atom stereocenters. The van der Waals surface area contributed by atoms with Crippen molar-refractivity contribution >= 4 is 17.5 Å². The van der Waals surface area contributed by atoms with Crippen molar-refractivity contribution in [3.8, 4) is 0 Å². The minimum Gasteiger partial charge on any atom is -0.384 e. The van der Waals surface area contributed by atoms with Crippen molar-refractivity contribution in [2.45, 2.75) is 27.2 Å². The maximum Gasteiger partial charge on any atom is 0.272 e. The van der Waals surface area contributed by atoms with E-state index in [-0.39, 0.29) is 11.8 Å². The van der Waals surface area contributed by atoms with Gasteiger partial charge in [0.1, 0.15) is 5.69 Å². The Morgan fingerprint density at radius 1 is 1.17 bits per heavy atom. The molecule has 0 saturated carbocycles. The minimum absolute atomic E-state index is 0.0621. The Labute approximate surface area is 137 Å². The monoisotopic (exact) mass is 318 g/mol. The fourth-order valence-corrected chi connectivity index (χ4v) is 2.52. The van der Waals surface area contributed by atoms with Gasteiger partial charge in [-0.25, -0.2) is 4.98 Å². The van der Waals surface area contributed by atoms with Gasteiger partial charge >= 0.3 is 0 Å². The van der Waals surface area contributed by atoms with Gasteiger partial charge in [0.25, 0.3) is 5.91 Å². The zero-order valence-electron chi connectivity index (χ0n) is 14.2. The Bertz CT molecular complexity index is 534. The largest absolute Gasteiger partial charge is 0.384 e. The number of rotatable bonds is 5. The Balaban J connectivity index is 1.87. The SMILES string of the molecule is CC(=O)N1CCN(C(=O)c2ccc(NCCC(C)C)cn2)CC1. The van der Waals surface area contributed by atoms with Crippen LogP contribution in [0.1, 0.15) is 37.7 Å². The smallest absolute Gasteiger partial charge is 0.272 e. The van der Waals surface area contributed by atoms with E-state index >= 15 is 0 Å². The highest BCUT2D eigenvalue weighted by Gasteiger charge is 2.23. The van der Waals surface area contributed by atoms with Crippen molar-refractivity contribution in [1.29, 1.82) is 0 Å². The number of nitrogens with one attached hydrogen (secondary N) is 1. The van der Waals surface area contributed by atoms with Gasteiger partial charge in [-0.15, -0.1) is 0 Å². The van der Waals surface area contributed by atoms with Crippen molar-refractivity contribution in [2.75, 3.05) is 38.0 Å². The second kappa shape index (κ2) is 7.94. The van der Waals surface area contributed by atoms with Gasteiger partial charge in [-0.2, -0.15) is 0 Å². The average molecular weight is 318 g/mol. The van der Waals surface area contributed by atoms with Crippen molar-refractivity contribution in [3.05, 3.63) is 24.0 Å². The molecule has 0 aromatic carbocycles. The van der Waals surface area contributed by atoms with Gasteiger partial charge < -0.3 is 15.1 Å². The standard InChI is InChI=1S/C17H26N4O2/c1-13(2)6-7-18-15-4-5-16(19-12-15)17(23)21-10-8-20(9-11-21)14(3)22/h4-5,12-13,18H,6-11H2,1-3H3. The van der Waals surface area contributed by atoms with Crippen LogP contribution in [0.25, 0.3) is 0 Å². The van der Waals surface area contributed by atoms with Crippen LogP contribution in [0.5, 0.6) is 0 Å². The van der Waals surface area contributed by atoms with E-state index in [1.54, 1.807) is 29.0 Å². The molecule has 0 unspecified atom stereocenters. The highest BCUT2D eigenvalue weighted by molar-refractivity contribution is 5.92. The molecule has 6 nitrogen and oxygen atoms in total. The predicted octanol–water partition coefficient (Wildman–Crippen LogP) is 1.84. The van der Waals surface area contributed by atoms with Crippen LogP contribution in [0.15, 0.2) is 18.3 Å². The number of hydrogen-bond donors (Lipinski definition) is 1. The Morgan fingerprint density at radius 3 is 2.35 bits per heavy atom. The first kappa shape index (κ1) is 17.2. The lowest BCUT2D eigenvalue weighted by molar-refractivity contribution is -0.130. The second-order valence-electron chi connectivity index (χ2n) is 6.34. The topological polar surface area (TPSA) is 65.5 Å². The van der Waals surface area contributed by atoms with Crippen molar-refractivity contribution in [1.82, 2.24) is 14.8 Å². The van der Waals surface area contributed by atoms with E-state index in [2.05, 4.69) is 24.1 Å². The van der Waals surface area contributed by atoms with Crippen molar-refractivity contribution < 1.29 is 9.59 Å². The number of nitrogens with zero attached hydrogens (tertiary/aromatic N) is 3. The molecular weight excluding hydrogens is 292 g/mol. The van der Waals surface area contributed by atoms with Crippen LogP contribution in [0.3, 0.4) is 0 Å². The normalized spacial score (nSPS) is 15.0. The van der Waals surface area contributed by atoms with Crippen LogP contribution in [-0.2, 0) is 4.79 Å². The first-order valence-electron chi connectivity index (χ1n) is 8.22. The molecule has 1 saturated heterocycles. The Hall–Kier alpha value is -2.11. The van der Waals surface area contributed by atoms with E-state index in [4.69, 9.17) is 0 Å². The summed E-state index contributed by atoms with van der Waals surface area (Å²) in [4.78, 5) is 31.5. The molecule has 1 fully saturated rings. The number of anilines is 1. The summed E-state index contributed by atoms with van der Waals surface area (Å²) in [7, 11) is 0. The zero-order chi connectivity index (χ0) is 16.8. The third-order valence-corrected chi connectivity index (χ3v) is 4.05. The lowest BCUT2D eigenvalue weighted by Gasteiger charge is -2.34. The van der Waals surface area contributed by atoms with E-state index in [0.717, 1.165) is 18.7 Å². The molecule has 0 radical (unpaired) electrons. The molecule has 2 amide bonds. The van der Waals surface area contributed by atoms with Gasteiger partial charge in [0.15, 0.2) is 0 Å². The lowest BCUT2D eigenvalue weighted by Crippen LogP contribution is -2.50. The van der Waals surface area contributed by atoms with Gasteiger partial charge in [0.2, 0.25) is 5.91 Å². The number of piperazine rings is 1. The van der Waals surface area contributed by atoms with Gasteiger partial charge in [-0.1, -0.05) is 13.8 Å². The second-order valence-corrected chi connectivity index (χ2v) is 6.34. The van der Waals surface area contributed by atoms with E-state index < -0.39 is 0 Å². The fourth-order valence-electron chi connectivity index (χ4n) is 2.52. The molecule has 0 spiro atoms. The Kier molecular flexibility index (Phi) is 5.96. The molecule has 23 heavy (non-hydrogen) atoms. The summed E-state index contributed by atoms with van der Waals surface area (Å²) >= 11 is 0. The molecule has 1 aromatic heterocycles. The van der Waals surface area contributed by atoms with Crippen LogP contribution in [-0.4, -0.2) is 59.3 Å². The summed E-state index contributed by atoms with van der Waals surface area (Å²) in [6.07, 6.45) is 2.81. The molecule has 1 aliphatic rings. The van der Waals surface area contributed by atoms with Gasteiger partial charge in [-0.3, -0.25) is 9.59 Å². The van der Waals surface area contributed by atoms with Crippen LogP contribution in [0.2, 0.25) is 0 Å². The lowest BCUT2D eigenvalue weighted by atomic mass is 10.1. The van der Waals surface area contributed by atoms with Gasteiger partial charge in [-0.05, 0) is 24.5 Å². The highest BCUT2D eigenvalue weighted by Crippen LogP contribution is 2.11. The number of amides is 2. The summed E-state index contributed by atoms with van der Waals surface area (Å²) in [5.41, 5.74) is 1.39. The summed E-state index contributed by atoms with van der Waals surface area (Å²) < 4.78 is 0. The molecule has 1 aromatic rings. The van der Waals surface area contributed by atoms with Crippen LogP contribution in [0, 0.1) is 5.92 Å². The predicted molar refractivity (Wildman–Crippen MR) is 90.3 cm³/mol. The maximum absolute atomic E-state index is 12.4. The van der Waals surface area contributed by atoms with Crippen molar-refractivity contribution in [3.63, 3.8) is 0 Å². The van der Waals surface area contributed by atoms with Crippen molar-refractivity contribution in [2.24, 2.45) is 5.92 Å². The van der Waals surface area contributed by atoms with Gasteiger partial charge in [0.05, 0.1) is 11.9 Å².